The minimum atomic E-state index is -0.434. The number of aryl methyl sites for hydroxylation is 1. The van der Waals surface area contributed by atoms with Gasteiger partial charge in [0.2, 0.25) is 5.91 Å². The van der Waals surface area contributed by atoms with Crippen LogP contribution >= 0.6 is 23.2 Å². The molecule has 1 aromatic heterocycles. The molecule has 0 atom stereocenters. The van der Waals surface area contributed by atoms with Crippen LogP contribution in [-0.2, 0) is 4.79 Å². The Morgan fingerprint density at radius 3 is 2.48 bits per heavy atom. The van der Waals surface area contributed by atoms with Crippen molar-refractivity contribution in [3.63, 3.8) is 0 Å². The first-order valence-corrected chi connectivity index (χ1v) is 9.65. The van der Waals surface area contributed by atoms with E-state index in [1.54, 1.807) is 38.1 Å². The van der Waals surface area contributed by atoms with Crippen LogP contribution in [0.15, 0.2) is 42.5 Å². The Morgan fingerprint density at radius 2 is 1.83 bits per heavy atom. The van der Waals surface area contributed by atoms with Gasteiger partial charge in [-0.05, 0) is 44.2 Å². The normalized spacial score (nSPS) is 10.8. The molecule has 1 N–H and O–H groups in total. The van der Waals surface area contributed by atoms with E-state index in [0.717, 1.165) is 0 Å². The highest BCUT2D eigenvalue weighted by Crippen LogP contribution is 2.29. The number of nitrogens with one attached hydrogen (secondary N) is 1. The zero-order valence-electron chi connectivity index (χ0n) is 15.8. The Hall–Kier alpha value is -2.70. The second-order valence-electron chi connectivity index (χ2n) is 6.44. The third kappa shape index (κ3) is 4.66. The molecule has 0 unspecified atom stereocenters. The summed E-state index contributed by atoms with van der Waals surface area (Å²) in [7, 11) is 0. The molecule has 0 saturated heterocycles. The lowest BCUT2D eigenvalue weighted by atomic mass is 10.1. The van der Waals surface area contributed by atoms with E-state index in [9.17, 15) is 14.0 Å². The van der Waals surface area contributed by atoms with E-state index < -0.39 is 11.7 Å². The van der Waals surface area contributed by atoms with Gasteiger partial charge in [0.05, 0.1) is 26.8 Å². The molecule has 2 amide bonds. The fourth-order valence-electron chi connectivity index (χ4n) is 2.98. The highest BCUT2D eigenvalue weighted by atomic mass is 35.5. The van der Waals surface area contributed by atoms with Gasteiger partial charge in [-0.1, -0.05) is 29.3 Å². The summed E-state index contributed by atoms with van der Waals surface area (Å²) < 4.78 is 13.6. The molecule has 0 aliphatic rings. The van der Waals surface area contributed by atoms with Crippen molar-refractivity contribution < 1.29 is 14.0 Å². The van der Waals surface area contributed by atoms with Gasteiger partial charge in [-0.3, -0.25) is 14.6 Å². The number of nitrogens with zero attached hydrogens (tertiary/aromatic N) is 2. The number of halogens is 3. The highest BCUT2D eigenvalue weighted by Gasteiger charge is 2.21. The van der Waals surface area contributed by atoms with E-state index in [1.165, 1.54) is 23.1 Å². The van der Waals surface area contributed by atoms with Crippen LogP contribution in [0.25, 0.3) is 10.9 Å². The summed E-state index contributed by atoms with van der Waals surface area (Å²) in [5, 5.41) is 3.78. The minimum Gasteiger partial charge on any atom is -0.330 e. The zero-order valence-corrected chi connectivity index (χ0v) is 17.3. The Morgan fingerprint density at radius 1 is 1.14 bits per heavy atom. The molecule has 3 aromatic rings. The van der Waals surface area contributed by atoms with Gasteiger partial charge < -0.3 is 10.2 Å². The topological polar surface area (TPSA) is 62.3 Å². The molecule has 0 aliphatic carbocycles. The summed E-state index contributed by atoms with van der Waals surface area (Å²) in [4.78, 5) is 31.3. The molecule has 0 radical (unpaired) electrons. The molecular formula is C21H18Cl2FN3O2. The third-order valence-corrected chi connectivity index (χ3v) is 4.99. The highest BCUT2D eigenvalue weighted by molar-refractivity contribution is 6.39. The van der Waals surface area contributed by atoms with Crippen molar-refractivity contribution in [1.82, 2.24) is 9.88 Å². The molecule has 29 heavy (non-hydrogen) atoms. The SMILES string of the molecule is CCN(CC(=O)Nc1c(Cl)cccc1Cl)C(=O)c1cc(C)nc2cc(F)ccc12. The number of fused-ring (bicyclic) bond motifs is 1. The molecular weight excluding hydrogens is 416 g/mol. The Balaban J connectivity index is 1.86. The molecule has 150 valence electrons. The van der Waals surface area contributed by atoms with Gasteiger partial charge in [0, 0.05) is 23.7 Å². The molecule has 3 rings (SSSR count). The van der Waals surface area contributed by atoms with Crippen LogP contribution in [-0.4, -0.2) is 34.8 Å². The number of hydrogen-bond donors (Lipinski definition) is 1. The van der Waals surface area contributed by atoms with Gasteiger partial charge in [-0.25, -0.2) is 4.39 Å². The summed E-state index contributed by atoms with van der Waals surface area (Å²) in [6, 6.07) is 10.6. The Bertz CT molecular complexity index is 1080. The number of rotatable bonds is 5. The first kappa shape index (κ1) is 21.0. The van der Waals surface area contributed by atoms with Gasteiger partial charge >= 0.3 is 0 Å². The maximum atomic E-state index is 13.6. The lowest BCUT2D eigenvalue weighted by molar-refractivity contribution is -0.116. The number of anilines is 1. The minimum absolute atomic E-state index is 0.194. The largest absolute Gasteiger partial charge is 0.330 e. The van der Waals surface area contributed by atoms with E-state index in [1.807, 2.05) is 0 Å². The number of hydrogen-bond acceptors (Lipinski definition) is 3. The van der Waals surface area contributed by atoms with Crippen LogP contribution in [0.3, 0.4) is 0 Å². The Labute approximate surface area is 177 Å². The Kier molecular flexibility index (Phi) is 6.35. The molecule has 5 nitrogen and oxygen atoms in total. The first-order chi connectivity index (χ1) is 13.8. The lowest BCUT2D eigenvalue weighted by Crippen LogP contribution is -2.38. The quantitative estimate of drug-likeness (QED) is 0.609. The number of aromatic nitrogens is 1. The van der Waals surface area contributed by atoms with Crippen LogP contribution < -0.4 is 5.32 Å². The van der Waals surface area contributed by atoms with Crippen LogP contribution in [0.5, 0.6) is 0 Å². The molecule has 0 spiro atoms. The molecule has 2 aromatic carbocycles. The predicted octanol–water partition coefficient (Wildman–Crippen LogP) is 5.09. The second kappa shape index (κ2) is 8.76. The standard InChI is InChI=1S/C21H18Cl2FN3O2/c1-3-27(11-19(28)26-20-16(22)5-4-6-17(20)23)21(29)15-9-12(2)25-18-10-13(24)7-8-14(15)18/h4-10H,3,11H2,1-2H3,(H,26,28). The summed E-state index contributed by atoms with van der Waals surface area (Å²) in [6.45, 7) is 3.60. The van der Waals surface area contributed by atoms with Crippen molar-refractivity contribution in [3.05, 3.63) is 69.6 Å². The van der Waals surface area contributed by atoms with Crippen molar-refractivity contribution in [3.8, 4) is 0 Å². The van der Waals surface area contributed by atoms with Crippen molar-refractivity contribution in [2.24, 2.45) is 0 Å². The number of carbonyl (C=O) groups is 2. The van der Waals surface area contributed by atoms with Crippen molar-refractivity contribution >= 4 is 51.6 Å². The summed E-state index contributed by atoms with van der Waals surface area (Å²) in [5.41, 5.74) is 1.62. The molecule has 0 saturated carbocycles. The predicted molar refractivity (Wildman–Crippen MR) is 113 cm³/mol. The maximum absolute atomic E-state index is 13.6. The average molecular weight is 434 g/mol. The van der Waals surface area contributed by atoms with Crippen molar-refractivity contribution in [2.75, 3.05) is 18.4 Å². The summed E-state index contributed by atoms with van der Waals surface area (Å²) in [5.74, 6) is -1.22. The second-order valence-corrected chi connectivity index (χ2v) is 7.25. The first-order valence-electron chi connectivity index (χ1n) is 8.90. The van der Waals surface area contributed by atoms with Crippen LogP contribution in [0.1, 0.15) is 23.0 Å². The summed E-state index contributed by atoms with van der Waals surface area (Å²) in [6.07, 6.45) is 0. The van der Waals surface area contributed by atoms with Gasteiger partial charge in [0.1, 0.15) is 12.4 Å². The third-order valence-electron chi connectivity index (χ3n) is 4.36. The maximum Gasteiger partial charge on any atom is 0.255 e. The molecule has 8 heteroatoms. The van der Waals surface area contributed by atoms with Gasteiger partial charge in [0.15, 0.2) is 0 Å². The molecule has 0 aliphatic heterocycles. The van der Waals surface area contributed by atoms with Gasteiger partial charge in [-0.15, -0.1) is 0 Å². The fourth-order valence-corrected chi connectivity index (χ4v) is 3.47. The van der Waals surface area contributed by atoms with E-state index in [0.29, 0.717) is 44.4 Å². The van der Waals surface area contributed by atoms with Gasteiger partial charge in [0.25, 0.3) is 5.91 Å². The van der Waals surface area contributed by atoms with Crippen molar-refractivity contribution in [2.45, 2.75) is 13.8 Å². The zero-order chi connectivity index (χ0) is 21.1. The molecule has 0 bridgehead atoms. The molecule has 0 fully saturated rings. The number of carbonyl (C=O) groups excluding carboxylic acids is 2. The average Bonchev–Trinajstić information content (AvgIpc) is 2.67. The number of amides is 2. The lowest BCUT2D eigenvalue weighted by Gasteiger charge is -2.22. The molecule has 1 heterocycles. The monoisotopic (exact) mass is 433 g/mol. The summed E-state index contributed by atoms with van der Waals surface area (Å²) >= 11 is 12.2. The van der Waals surface area contributed by atoms with Crippen LogP contribution in [0, 0.1) is 12.7 Å². The van der Waals surface area contributed by atoms with E-state index >= 15 is 0 Å². The smallest absolute Gasteiger partial charge is 0.255 e. The number of likely N-dealkylation sites (N-methyl/N-ethyl adjacent to an activating group) is 1. The van der Waals surface area contributed by atoms with E-state index in [4.69, 9.17) is 23.2 Å². The number of pyridine rings is 1. The van der Waals surface area contributed by atoms with Crippen LogP contribution in [0.4, 0.5) is 10.1 Å². The van der Waals surface area contributed by atoms with Gasteiger partial charge in [-0.2, -0.15) is 0 Å². The van der Waals surface area contributed by atoms with E-state index in [-0.39, 0.29) is 12.5 Å². The van der Waals surface area contributed by atoms with Crippen LogP contribution in [0.2, 0.25) is 10.0 Å². The van der Waals surface area contributed by atoms with E-state index in [2.05, 4.69) is 10.3 Å². The van der Waals surface area contributed by atoms with Crippen molar-refractivity contribution in [1.29, 1.82) is 0 Å². The fraction of sp³-hybridized carbons (Fsp3) is 0.190. The number of benzene rings is 2. The number of para-hydroxylation sites is 1.